The van der Waals surface area contributed by atoms with Crippen molar-refractivity contribution in [2.24, 2.45) is 0 Å². The summed E-state index contributed by atoms with van der Waals surface area (Å²) in [5, 5.41) is 4.32. The average Bonchev–Trinajstić information content (AvgIpc) is 3.41. The van der Waals surface area contributed by atoms with E-state index in [0.717, 1.165) is 58.8 Å². The first-order valence-electron chi connectivity index (χ1n) is 11.9. The summed E-state index contributed by atoms with van der Waals surface area (Å²) in [7, 11) is 1.67. The molecular formula is C28H30N4O2. The van der Waals surface area contributed by atoms with E-state index in [1.807, 2.05) is 66.9 Å². The Kier molecular flexibility index (Phi) is 6.86. The number of benzene rings is 3. The highest BCUT2D eigenvalue weighted by Gasteiger charge is 2.11. The molecule has 0 saturated carbocycles. The van der Waals surface area contributed by atoms with Crippen LogP contribution in [0.2, 0.25) is 0 Å². The van der Waals surface area contributed by atoms with Crippen LogP contribution in [-0.2, 0) is 0 Å². The quantitative estimate of drug-likeness (QED) is 0.317. The van der Waals surface area contributed by atoms with Gasteiger partial charge in [-0.2, -0.15) is 0 Å². The number of hydrogen-bond acceptors (Lipinski definition) is 6. The summed E-state index contributed by atoms with van der Waals surface area (Å²) in [6.45, 7) is 4.33. The van der Waals surface area contributed by atoms with Crippen LogP contribution in [0.5, 0.6) is 11.5 Å². The Balaban J connectivity index is 1.25. The number of fused-ring (bicyclic) bond motifs is 1. The van der Waals surface area contributed by atoms with E-state index in [1.165, 1.54) is 25.9 Å². The minimum Gasteiger partial charge on any atom is -0.497 e. The Bertz CT molecular complexity index is 1220. The fourth-order valence-electron chi connectivity index (χ4n) is 4.37. The zero-order valence-electron chi connectivity index (χ0n) is 19.5. The molecule has 4 aromatic rings. The largest absolute Gasteiger partial charge is 0.497 e. The van der Waals surface area contributed by atoms with Crippen LogP contribution < -0.4 is 14.8 Å². The molecule has 1 saturated heterocycles. The van der Waals surface area contributed by atoms with Crippen molar-refractivity contribution < 1.29 is 9.47 Å². The van der Waals surface area contributed by atoms with Crippen molar-refractivity contribution in [3.05, 3.63) is 72.9 Å². The number of para-hydroxylation sites is 1. The van der Waals surface area contributed by atoms with Crippen molar-refractivity contribution in [2.45, 2.75) is 19.3 Å². The topological polar surface area (TPSA) is 59.5 Å². The van der Waals surface area contributed by atoms with Gasteiger partial charge in [0.2, 0.25) is 5.95 Å². The molecule has 1 N–H and O–H groups in total. The second kappa shape index (κ2) is 10.5. The molecule has 0 aliphatic carbocycles. The lowest BCUT2D eigenvalue weighted by Gasteiger charge is -2.14. The normalized spacial score (nSPS) is 13.8. The van der Waals surface area contributed by atoms with E-state index < -0.39 is 0 Å². The summed E-state index contributed by atoms with van der Waals surface area (Å²) < 4.78 is 11.2. The van der Waals surface area contributed by atoms with Crippen LogP contribution in [-0.4, -0.2) is 48.2 Å². The number of hydrogen-bond donors (Lipinski definition) is 1. The van der Waals surface area contributed by atoms with Crippen LogP contribution in [0.1, 0.15) is 19.3 Å². The lowest BCUT2D eigenvalue weighted by atomic mass is 10.0. The lowest BCUT2D eigenvalue weighted by Crippen LogP contribution is -2.21. The molecule has 2 heterocycles. The number of nitrogens with one attached hydrogen (secondary N) is 1. The molecule has 3 aromatic carbocycles. The first-order chi connectivity index (χ1) is 16.8. The Morgan fingerprint density at radius 2 is 1.68 bits per heavy atom. The molecule has 0 radical (unpaired) electrons. The van der Waals surface area contributed by atoms with Gasteiger partial charge in [-0.25, -0.2) is 9.97 Å². The predicted molar refractivity (Wildman–Crippen MR) is 137 cm³/mol. The van der Waals surface area contributed by atoms with Crippen LogP contribution >= 0.6 is 0 Å². The molecule has 0 atom stereocenters. The highest BCUT2D eigenvalue weighted by Crippen LogP contribution is 2.29. The number of rotatable bonds is 9. The molecule has 0 spiro atoms. The molecule has 6 heteroatoms. The molecule has 0 amide bonds. The summed E-state index contributed by atoms with van der Waals surface area (Å²) in [5.41, 5.74) is 3.97. The number of methoxy groups -OCH3 is 1. The molecule has 0 unspecified atom stereocenters. The second-order valence-corrected chi connectivity index (χ2v) is 8.57. The summed E-state index contributed by atoms with van der Waals surface area (Å²) in [4.78, 5) is 11.8. The fourth-order valence-corrected chi connectivity index (χ4v) is 4.37. The first-order valence-corrected chi connectivity index (χ1v) is 11.9. The van der Waals surface area contributed by atoms with Gasteiger partial charge in [-0.3, -0.25) is 0 Å². The number of likely N-dealkylation sites (tertiary alicyclic amines) is 1. The maximum atomic E-state index is 5.92. The molecule has 5 rings (SSSR count). The van der Waals surface area contributed by atoms with E-state index in [0.29, 0.717) is 5.95 Å². The highest BCUT2D eigenvalue weighted by molar-refractivity contribution is 5.93. The number of ether oxygens (including phenoxy) is 2. The fraction of sp³-hybridized carbons (Fsp3) is 0.286. The highest BCUT2D eigenvalue weighted by atomic mass is 16.5. The Morgan fingerprint density at radius 3 is 2.44 bits per heavy atom. The van der Waals surface area contributed by atoms with Gasteiger partial charge >= 0.3 is 0 Å². The van der Waals surface area contributed by atoms with Gasteiger partial charge in [0, 0.05) is 29.4 Å². The molecule has 34 heavy (non-hydrogen) atoms. The van der Waals surface area contributed by atoms with Gasteiger partial charge < -0.3 is 19.7 Å². The van der Waals surface area contributed by atoms with E-state index >= 15 is 0 Å². The Labute approximate surface area is 200 Å². The van der Waals surface area contributed by atoms with Crippen molar-refractivity contribution in [1.82, 2.24) is 14.9 Å². The van der Waals surface area contributed by atoms with Gasteiger partial charge in [-0.1, -0.05) is 30.3 Å². The molecule has 0 bridgehead atoms. The van der Waals surface area contributed by atoms with Crippen molar-refractivity contribution >= 4 is 22.5 Å². The first kappa shape index (κ1) is 22.2. The predicted octanol–water partition coefficient (Wildman–Crippen LogP) is 5.91. The summed E-state index contributed by atoms with van der Waals surface area (Å²) in [6, 6.07) is 22.1. The number of nitrogens with zero attached hydrogens (tertiary/aromatic N) is 3. The Hall–Kier alpha value is -3.64. The maximum Gasteiger partial charge on any atom is 0.227 e. The summed E-state index contributed by atoms with van der Waals surface area (Å²) >= 11 is 0. The Morgan fingerprint density at radius 1 is 0.912 bits per heavy atom. The monoisotopic (exact) mass is 454 g/mol. The van der Waals surface area contributed by atoms with Crippen LogP contribution in [0.3, 0.4) is 0 Å². The molecule has 1 fully saturated rings. The minimum atomic E-state index is 0.563. The van der Waals surface area contributed by atoms with Gasteiger partial charge in [0.15, 0.2) is 0 Å². The van der Waals surface area contributed by atoms with E-state index in [9.17, 15) is 0 Å². The van der Waals surface area contributed by atoms with Crippen LogP contribution in [0.4, 0.5) is 11.6 Å². The average molecular weight is 455 g/mol. The third kappa shape index (κ3) is 5.29. The van der Waals surface area contributed by atoms with Crippen LogP contribution in [0.25, 0.3) is 22.0 Å². The van der Waals surface area contributed by atoms with E-state index in [1.54, 1.807) is 7.11 Å². The van der Waals surface area contributed by atoms with E-state index in [2.05, 4.69) is 21.3 Å². The number of anilines is 2. The van der Waals surface area contributed by atoms with Crippen molar-refractivity contribution in [3.8, 4) is 22.6 Å². The van der Waals surface area contributed by atoms with Gasteiger partial charge in [0.25, 0.3) is 0 Å². The molecule has 1 aliphatic rings. The molecular weight excluding hydrogens is 424 g/mol. The molecule has 6 nitrogen and oxygen atoms in total. The van der Waals surface area contributed by atoms with E-state index in [4.69, 9.17) is 14.5 Å². The smallest absolute Gasteiger partial charge is 0.227 e. The van der Waals surface area contributed by atoms with Gasteiger partial charge in [-0.15, -0.1) is 0 Å². The van der Waals surface area contributed by atoms with E-state index in [-0.39, 0.29) is 0 Å². The van der Waals surface area contributed by atoms with Gasteiger partial charge in [0.1, 0.15) is 11.5 Å². The minimum absolute atomic E-state index is 0.563. The van der Waals surface area contributed by atoms with Crippen molar-refractivity contribution in [2.75, 3.05) is 38.7 Å². The lowest BCUT2D eigenvalue weighted by molar-refractivity contribution is 0.263. The zero-order chi connectivity index (χ0) is 23.2. The zero-order valence-corrected chi connectivity index (χ0v) is 19.5. The summed E-state index contributed by atoms with van der Waals surface area (Å²) in [6.07, 6.45) is 5.58. The van der Waals surface area contributed by atoms with Crippen molar-refractivity contribution in [3.63, 3.8) is 0 Å². The van der Waals surface area contributed by atoms with Gasteiger partial charge in [-0.05, 0) is 74.3 Å². The van der Waals surface area contributed by atoms with Gasteiger partial charge in [0.05, 0.1) is 19.2 Å². The second-order valence-electron chi connectivity index (χ2n) is 8.57. The third-order valence-corrected chi connectivity index (χ3v) is 6.21. The van der Waals surface area contributed by atoms with Crippen molar-refractivity contribution in [1.29, 1.82) is 0 Å². The molecule has 1 aromatic heterocycles. The number of aromatic nitrogens is 2. The standard InChI is InChI=1S/C28H30N4O2/c1-33-24-12-8-21(9-13-24)26-7-4-6-22-20-29-28(31-27(22)26)30-23-10-14-25(15-11-23)34-19-5-18-32-16-2-3-17-32/h4,6-15,20H,2-3,5,16-19H2,1H3,(H,29,30,31). The molecule has 1 aliphatic heterocycles. The SMILES string of the molecule is COc1ccc(-c2cccc3cnc(Nc4ccc(OCCCN5CCCC5)cc4)nc23)cc1. The third-order valence-electron chi connectivity index (χ3n) is 6.21. The van der Waals surface area contributed by atoms with Crippen LogP contribution in [0, 0.1) is 0 Å². The summed E-state index contributed by atoms with van der Waals surface area (Å²) in [5.74, 6) is 2.28. The molecule has 174 valence electrons. The van der Waals surface area contributed by atoms with Crippen LogP contribution in [0.15, 0.2) is 72.9 Å². The maximum absolute atomic E-state index is 5.92.